The van der Waals surface area contributed by atoms with Gasteiger partial charge in [-0.05, 0) is 24.3 Å². The second kappa shape index (κ2) is 3.80. The van der Waals surface area contributed by atoms with Crippen molar-refractivity contribution in [1.29, 1.82) is 10.5 Å². The van der Waals surface area contributed by atoms with Crippen molar-refractivity contribution in [2.45, 2.75) is 0 Å². The minimum Gasteiger partial charge on any atom is -0.396 e. The van der Waals surface area contributed by atoms with Crippen LogP contribution in [0.25, 0.3) is 5.69 Å². The smallest absolute Gasteiger partial charge is 0.124 e. The highest BCUT2D eigenvalue weighted by Gasteiger charge is 2.08. The third-order valence-corrected chi connectivity index (χ3v) is 2.33. The molecule has 0 aliphatic carbocycles. The Hall–Kier alpha value is -2.72. The van der Waals surface area contributed by atoms with Crippen LogP contribution < -0.4 is 5.73 Å². The fourth-order valence-corrected chi connectivity index (χ4v) is 1.54. The number of nitrogen functional groups attached to an aromatic ring is 1. The number of benzene rings is 1. The third kappa shape index (κ3) is 1.39. The van der Waals surface area contributed by atoms with Crippen molar-refractivity contribution >= 4 is 5.69 Å². The molecule has 0 saturated carbocycles. The Morgan fingerprint density at radius 2 is 1.88 bits per heavy atom. The number of rotatable bonds is 1. The van der Waals surface area contributed by atoms with Crippen molar-refractivity contribution in [3.8, 4) is 17.8 Å². The number of anilines is 1. The topological polar surface area (TPSA) is 78.5 Å². The van der Waals surface area contributed by atoms with Gasteiger partial charge in [0, 0.05) is 6.20 Å². The summed E-state index contributed by atoms with van der Waals surface area (Å²) in [6.45, 7) is 0. The van der Waals surface area contributed by atoms with Crippen LogP contribution in [0.1, 0.15) is 11.3 Å². The van der Waals surface area contributed by atoms with Gasteiger partial charge in [0.2, 0.25) is 0 Å². The van der Waals surface area contributed by atoms with Gasteiger partial charge >= 0.3 is 0 Å². The molecule has 1 heterocycles. The van der Waals surface area contributed by atoms with Gasteiger partial charge in [-0.25, -0.2) is 0 Å². The van der Waals surface area contributed by atoms with Crippen LogP contribution in [0.3, 0.4) is 0 Å². The van der Waals surface area contributed by atoms with Crippen molar-refractivity contribution in [2.24, 2.45) is 0 Å². The maximum atomic E-state index is 8.91. The van der Waals surface area contributed by atoms with Gasteiger partial charge in [-0.2, -0.15) is 10.5 Å². The molecule has 0 aliphatic heterocycles. The Morgan fingerprint density at radius 1 is 1.06 bits per heavy atom. The molecule has 4 heteroatoms. The van der Waals surface area contributed by atoms with Crippen molar-refractivity contribution in [2.75, 3.05) is 5.73 Å². The van der Waals surface area contributed by atoms with Crippen molar-refractivity contribution in [3.05, 3.63) is 47.8 Å². The maximum Gasteiger partial charge on any atom is 0.124 e. The summed E-state index contributed by atoms with van der Waals surface area (Å²) < 4.78 is 1.66. The van der Waals surface area contributed by atoms with Gasteiger partial charge in [-0.1, -0.05) is 6.07 Å². The minimum absolute atomic E-state index is 0.387. The molecule has 76 valence electrons. The molecular weight excluding hydrogens is 200 g/mol. The minimum atomic E-state index is 0.387. The molecule has 0 radical (unpaired) electrons. The summed E-state index contributed by atoms with van der Waals surface area (Å²) in [4.78, 5) is 0. The first-order valence-electron chi connectivity index (χ1n) is 4.64. The molecule has 0 spiro atoms. The monoisotopic (exact) mass is 208 g/mol. The summed E-state index contributed by atoms with van der Waals surface area (Å²) in [7, 11) is 0. The average molecular weight is 208 g/mol. The molecule has 16 heavy (non-hydrogen) atoms. The Morgan fingerprint density at radius 3 is 2.56 bits per heavy atom. The lowest BCUT2D eigenvalue weighted by Crippen LogP contribution is -2.02. The third-order valence-electron chi connectivity index (χ3n) is 2.33. The van der Waals surface area contributed by atoms with E-state index in [4.69, 9.17) is 16.3 Å². The van der Waals surface area contributed by atoms with Crippen LogP contribution in [-0.4, -0.2) is 4.57 Å². The van der Waals surface area contributed by atoms with Crippen LogP contribution in [0.4, 0.5) is 5.69 Å². The molecule has 0 fully saturated rings. The predicted molar refractivity (Wildman–Crippen MR) is 59.6 cm³/mol. The molecule has 0 unspecified atom stereocenters. The van der Waals surface area contributed by atoms with E-state index in [-0.39, 0.29) is 0 Å². The number of para-hydroxylation sites is 1. The summed E-state index contributed by atoms with van der Waals surface area (Å²) in [5.41, 5.74) is 7.80. The van der Waals surface area contributed by atoms with Crippen LogP contribution in [0, 0.1) is 22.7 Å². The van der Waals surface area contributed by atoms with E-state index in [0.717, 1.165) is 0 Å². The van der Waals surface area contributed by atoms with Gasteiger partial charge in [-0.15, -0.1) is 0 Å². The summed E-state index contributed by atoms with van der Waals surface area (Å²) >= 11 is 0. The molecule has 0 aliphatic rings. The van der Waals surface area contributed by atoms with E-state index < -0.39 is 0 Å². The summed E-state index contributed by atoms with van der Waals surface area (Å²) in [6.07, 6.45) is 1.74. The molecule has 0 atom stereocenters. The molecule has 1 aromatic heterocycles. The van der Waals surface area contributed by atoms with Gasteiger partial charge in [0.15, 0.2) is 0 Å². The number of nitrogens with two attached hydrogens (primary N) is 1. The average Bonchev–Trinajstić information content (AvgIpc) is 2.77. The molecule has 4 nitrogen and oxygen atoms in total. The van der Waals surface area contributed by atoms with E-state index >= 15 is 0 Å². The Balaban J connectivity index is 2.67. The van der Waals surface area contributed by atoms with E-state index in [2.05, 4.69) is 6.07 Å². The fourth-order valence-electron chi connectivity index (χ4n) is 1.54. The Bertz CT molecular complexity index is 611. The highest BCUT2D eigenvalue weighted by molar-refractivity contribution is 5.67. The zero-order chi connectivity index (χ0) is 11.5. The van der Waals surface area contributed by atoms with Gasteiger partial charge < -0.3 is 10.3 Å². The Labute approximate surface area is 92.8 Å². The van der Waals surface area contributed by atoms with E-state index in [1.165, 1.54) is 0 Å². The number of nitrogens with zero attached hydrogens (tertiary/aromatic N) is 3. The lowest BCUT2D eigenvalue weighted by Gasteiger charge is -2.09. The number of nitriles is 2. The number of hydrogen-bond donors (Lipinski definition) is 1. The van der Waals surface area contributed by atoms with Gasteiger partial charge in [0.25, 0.3) is 0 Å². The van der Waals surface area contributed by atoms with Crippen molar-refractivity contribution in [1.82, 2.24) is 4.57 Å². The van der Waals surface area contributed by atoms with Crippen molar-refractivity contribution < 1.29 is 0 Å². The van der Waals surface area contributed by atoms with Gasteiger partial charge in [-0.3, -0.25) is 0 Å². The summed E-state index contributed by atoms with van der Waals surface area (Å²) in [5, 5.41) is 17.8. The van der Waals surface area contributed by atoms with E-state index in [0.29, 0.717) is 22.6 Å². The second-order valence-electron chi connectivity index (χ2n) is 3.23. The maximum absolute atomic E-state index is 8.91. The first kappa shape index (κ1) is 9.82. The molecule has 2 aromatic rings. The quantitative estimate of drug-likeness (QED) is 0.726. The molecular formula is C12H8N4. The molecule has 2 N–H and O–H groups in total. The first-order chi connectivity index (χ1) is 7.77. The van der Waals surface area contributed by atoms with Crippen LogP contribution in [0.2, 0.25) is 0 Å². The van der Waals surface area contributed by atoms with E-state index in [1.54, 1.807) is 41.1 Å². The largest absolute Gasteiger partial charge is 0.396 e. The zero-order valence-corrected chi connectivity index (χ0v) is 8.38. The summed E-state index contributed by atoms with van der Waals surface area (Å²) in [5.74, 6) is 0. The molecule has 1 aromatic carbocycles. The number of hydrogen-bond acceptors (Lipinski definition) is 3. The highest BCUT2D eigenvalue weighted by atomic mass is 15.0. The SMILES string of the molecule is N#Cc1cccc(-n2cccc2C#N)c1N. The standard InChI is InChI=1S/C12H8N4/c13-7-9-3-1-5-11(12(9)15)16-6-2-4-10(16)8-14/h1-6H,15H2. The van der Waals surface area contributed by atoms with Crippen LogP contribution in [0.5, 0.6) is 0 Å². The first-order valence-corrected chi connectivity index (χ1v) is 4.64. The second-order valence-corrected chi connectivity index (χ2v) is 3.23. The van der Waals surface area contributed by atoms with E-state index in [1.807, 2.05) is 6.07 Å². The van der Waals surface area contributed by atoms with E-state index in [9.17, 15) is 0 Å². The molecule has 2 rings (SSSR count). The molecule has 0 saturated heterocycles. The predicted octanol–water partition coefficient (Wildman–Crippen LogP) is 1.80. The summed E-state index contributed by atoms with van der Waals surface area (Å²) in [6, 6.07) is 12.7. The lowest BCUT2D eigenvalue weighted by molar-refractivity contribution is 1.05. The van der Waals surface area contributed by atoms with Crippen LogP contribution in [0.15, 0.2) is 36.5 Å². The normalized spacial score (nSPS) is 9.38. The highest BCUT2D eigenvalue weighted by Crippen LogP contribution is 2.22. The Kier molecular flexibility index (Phi) is 2.33. The van der Waals surface area contributed by atoms with Gasteiger partial charge in [0.1, 0.15) is 17.8 Å². The number of aromatic nitrogens is 1. The lowest BCUT2D eigenvalue weighted by atomic mass is 10.1. The van der Waals surface area contributed by atoms with Crippen LogP contribution >= 0.6 is 0 Å². The molecule has 0 amide bonds. The van der Waals surface area contributed by atoms with Crippen molar-refractivity contribution in [3.63, 3.8) is 0 Å². The van der Waals surface area contributed by atoms with Crippen LogP contribution in [-0.2, 0) is 0 Å². The van der Waals surface area contributed by atoms with Gasteiger partial charge in [0.05, 0.1) is 16.9 Å². The zero-order valence-electron chi connectivity index (χ0n) is 8.38. The fraction of sp³-hybridized carbons (Fsp3) is 0. The molecule has 0 bridgehead atoms.